The molecule has 1 unspecified atom stereocenters. The molecule has 1 N–H and O–H groups in total. The molecule has 0 bridgehead atoms. The lowest BCUT2D eigenvalue weighted by Gasteiger charge is -2.24. The van der Waals surface area contributed by atoms with Crippen molar-refractivity contribution in [1.29, 1.82) is 0 Å². The van der Waals surface area contributed by atoms with Gasteiger partial charge in [0.1, 0.15) is 4.60 Å². The molecule has 0 aliphatic heterocycles. The fourth-order valence-corrected chi connectivity index (χ4v) is 4.03. The summed E-state index contributed by atoms with van der Waals surface area (Å²) in [5.74, 6) is -1.03. The first-order valence-corrected chi connectivity index (χ1v) is 10.4. The van der Waals surface area contributed by atoms with Gasteiger partial charge < -0.3 is 4.74 Å². The van der Waals surface area contributed by atoms with Gasteiger partial charge in [-0.05, 0) is 34.0 Å². The Hall–Kier alpha value is -2.35. The molecule has 2 aromatic carbocycles. The van der Waals surface area contributed by atoms with Gasteiger partial charge in [0.05, 0.1) is 12.6 Å². The Morgan fingerprint density at radius 2 is 1.64 bits per heavy atom. The topological polar surface area (TPSA) is 68.3 Å². The largest absolute Gasteiger partial charge is 0.464 e. The minimum atomic E-state index is -1.16. The number of ether oxygens (including phenoxy) is 1. The second-order valence-electron chi connectivity index (χ2n) is 5.95. The zero-order valence-corrected chi connectivity index (χ0v) is 17.6. The Balaban J connectivity index is 1.97. The normalized spacial score (nSPS) is 12.0. The average Bonchev–Trinajstić information content (AvgIpc) is 3.16. The molecule has 0 spiro atoms. The Kier molecular flexibility index (Phi) is 7.08. The van der Waals surface area contributed by atoms with Crippen LogP contribution in [0.25, 0.3) is 0 Å². The van der Waals surface area contributed by atoms with E-state index < -0.39 is 17.8 Å². The van der Waals surface area contributed by atoms with Crippen LogP contribution in [-0.2, 0) is 9.53 Å². The Labute approximate surface area is 175 Å². The maximum Gasteiger partial charge on any atom is 0.331 e. The van der Waals surface area contributed by atoms with Crippen LogP contribution in [0.4, 0.5) is 0 Å². The predicted octanol–water partition coefficient (Wildman–Crippen LogP) is 4.40. The lowest BCUT2D eigenvalue weighted by Crippen LogP contribution is -2.46. The number of nitrogens with one attached hydrogen (secondary N) is 1. The first-order valence-electron chi connectivity index (χ1n) is 8.78. The van der Waals surface area contributed by atoms with Gasteiger partial charge in [-0.3, -0.25) is 10.1 Å². The van der Waals surface area contributed by atoms with Crippen molar-refractivity contribution >= 4 is 39.0 Å². The molecule has 0 fully saturated rings. The Morgan fingerprint density at radius 3 is 2.11 bits per heavy atom. The summed E-state index contributed by atoms with van der Waals surface area (Å²) in [6, 6.07) is 17.8. The van der Waals surface area contributed by atoms with E-state index in [4.69, 9.17) is 4.74 Å². The first-order chi connectivity index (χ1) is 13.6. The fourth-order valence-electron chi connectivity index (χ4n) is 2.81. The van der Waals surface area contributed by atoms with Gasteiger partial charge in [-0.2, -0.15) is 0 Å². The molecule has 144 valence electrons. The molecule has 0 amide bonds. The molecule has 0 aliphatic carbocycles. The SMILES string of the molecule is CCOC(=O)C(NC(c1ccccc1)c1ccccc1)C(=O)c1nc(Br)cs1. The number of hydrogen-bond donors (Lipinski definition) is 1. The third-order valence-electron chi connectivity index (χ3n) is 4.07. The van der Waals surface area contributed by atoms with Crippen molar-refractivity contribution in [3.05, 3.63) is 86.8 Å². The minimum absolute atomic E-state index is 0.188. The summed E-state index contributed by atoms with van der Waals surface area (Å²) in [5.41, 5.74) is 1.88. The van der Waals surface area contributed by atoms with Crippen LogP contribution in [-0.4, -0.2) is 29.4 Å². The van der Waals surface area contributed by atoms with Crippen LogP contribution in [0.3, 0.4) is 0 Å². The van der Waals surface area contributed by atoms with Gasteiger partial charge in [-0.15, -0.1) is 11.3 Å². The Morgan fingerprint density at radius 1 is 1.07 bits per heavy atom. The van der Waals surface area contributed by atoms with Crippen LogP contribution in [0.1, 0.15) is 33.9 Å². The van der Waals surface area contributed by atoms with E-state index >= 15 is 0 Å². The van der Waals surface area contributed by atoms with Gasteiger partial charge in [0, 0.05) is 5.38 Å². The summed E-state index contributed by atoms with van der Waals surface area (Å²) in [5, 5.41) is 5.16. The molecule has 0 radical (unpaired) electrons. The quantitative estimate of drug-likeness (QED) is 0.307. The molecule has 1 heterocycles. The summed E-state index contributed by atoms with van der Waals surface area (Å²) < 4.78 is 5.73. The highest BCUT2D eigenvalue weighted by atomic mass is 79.9. The molecular weight excluding hydrogens is 440 g/mol. The summed E-state index contributed by atoms with van der Waals surface area (Å²) in [4.78, 5) is 29.8. The van der Waals surface area contributed by atoms with E-state index in [9.17, 15) is 9.59 Å². The van der Waals surface area contributed by atoms with E-state index in [-0.39, 0.29) is 17.7 Å². The number of thiazole rings is 1. The van der Waals surface area contributed by atoms with Crippen molar-refractivity contribution in [1.82, 2.24) is 10.3 Å². The smallest absolute Gasteiger partial charge is 0.331 e. The molecule has 0 saturated carbocycles. The number of esters is 1. The molecule has 1 aromatic heterocycles. The Bertz CT molecular complexity index is 892. The molecule has 28 heavy (non-hydrogen) atoms. The minimum Gasteiger partial charge on any atom is -0.464 e. The third-order valence-corrected chi connectivity index (χ3v) is 5.64. The predicted molar refractivity (Wildman–Crippen MR) is 112 cm³/mol. The molecule has 5 nitrogen and oxygen atoms in total. The second kappa shape index (κ2) is 9.73. The summed E-state index contributed by atoms with van der Waals surface area (Å²) >= 11 is 4.44. The van der Waals surface area contributed by atoms with Crippen LogP contribution in [0, 0.1) is 0 Å². The van der Waals surface area contributed by atoms with E-state index in [0.29, 0.717) is 4.60 Å². The van der Waals surface area contributed by atoms with Crippen LogP contribution in [0.2, 0.25) is 0 Å². The number of Topliss-reactive ketones (excluding diaryl/α,β-unsaturated/α-hetero) is 1. The van der Waals surface area contributed by atoms with Crippen molar-refractivity contribution in [2.45, 2.75) is 19.0 Å². The zero-order valence-electron chi connectivity index (χ0n) is 15.2. The highest BCUT2D eigenvalue weighted by Gasteiger charge is 2.33. The molecule has 7 heteroatoms. The van der Waals surface area contributed by atoms with Gasteiger partial charge in [-0.25, -0.2) is 9.78 Å². The van der Waals surface area contributed by atoms with Crippen molar-refractivity contribution in [2.75, 3.05) is 6.61 Å². The molecule has 3 rings (SSSR count). The highest BCUT2D eigenvalue weighted by molar-refractivity contribution is 9.10. The van der Waals surface area contributed by atoms with Crippen LogP contribution in [0.15, 0.2) is 70.6 Å². The number of hydrogen-bond acceptors (Lipinski definition) is 6. The van der Waals surface area contributed by atoms with E-state index in [1.165, 1.54) is 11.3 Å². The standard InChI is InChI=1S/C21H19BrN2O3S/c1-2-27-21(26)18(19(25)20-23-16(22)13-28-20)24-17(14-9-5-3-6-10-14)15-11-7-4-8-12-15/h3-13,17-18,24H,2H2,1H3. The zero-order chi connectivity index (χ0) is 19.9. The third kappa shape index (κ3) is 4.92. The maximum atomic E-state index is 13.0. The number of nitrogens with zero attached hydrogens (tertiary/aromatic N) is 1. The van der Waals surface area contributed by atoms with Crippen LogP contribution in [0.5, 0.6) is 0 Å². The van der Waals surface area contributed by atoms with Gasteiger partial charge >= 0.3 is 5.97 Å². The van der Waals surface area contributed by atoms with Gasteiger partial charge in [0.2, 0.25) is 5.78 Å². The monoisotopic (exact) mass is 458 g/mol. The number of carbonyl (C=O) groups excluding carboxylic acids is 2. The van der Waals surface area contributed by atoms with Crippen LogP contribution < -0.4 is 5.32 Å². The second-order valence-corrected chi connectivity index (χ2v) is 7.62. The van der Waals surface area contributed by atoms with Gasteiger partial charge in [0.15, 0.2) is 11.0 Å². The number of rotatable bonds is 8. The van der Waals surface area contributed by atoms with E-state index in [0.717, 1.165) is 11.1 Å². The number of halogens is 1. The number of carbonyl (C=O) groups is 2. The summed E-state index contributed by atoms with van der Waals surface area (Å²) in [6.45, 7) is 1.90. The summed E-state index contributed by atoms with van der Waals surface area (Å²) in [6.07, 6.45) is 0. The van der Waals surface area contributed by atoms with Crippen molar-refractivity contribution in [3.63, 3.8) is 0 Å². The van der Waals surface area contributed by atoms with Gasteiger partial charge in [0.25, 0.3) is 0 Å². The summed E-state index contributed by atoms with van der Waals surface area (Å²) in [7, 11) is 0. The fraction of sp³-hybridized carbons (Fsp3) is 0.190. The van der Waals surface area contributed by atoms with Gasteiger partial charge in [-0.1, -0.05) is 60.7 Å². The lowest BCUT2D eigenvalue weighted by atomic mass is 9.97. The van der Waals surface area contributed by atoms with Crippen molar-refractivity contribution in [3.8, 4) is 0 Å². The molecule has 1 atom stereocenters. The molecule has 0 aliphatic rings. The van der Waals surface area contributed by atoms with E-state index in [1.54, 1.807) is 12.3 Å². The first kappa shape index (κ1) is 20.4. The van der Waals surface area contributed by atoms with Crippen molar-refractivity contribution in [2.24, 2.45) is 0 Å². The molecule has 3 aromatic rings. The molecule has 0 saturated heterocycles. The lowest BCUT2D eigenvalue weighted by molar-refractivity contribution is -0.144. The average molecular weight is 459 g/mol. The number of benzene rings is 2. The van der Waals surface area contributed by atoms with E-state index in [1.807, 2.05) is 60.7 Å². The highest BCUT2D eigenvalue weighted by Crippen LogP contribution is 2.24. The molecular formula is C21H19BrN2O3S. The van der Waals surface area contributed by atoms with Crippen LogP contribution >= 0.6 is 27.3 Å². The maximum absolute atomic E-state index is 13.0. The number of ketones is 1. The van der Waals surface area contributed by atoms with E-state index in [2.05, 4.69) is 26.2 Å². The number of aromatic nitrogens is 1. The van der Waals surface area contributed by atoms with Crippen molar-refractivity contribution < 1.29 is 14.3 Å².